The van der Waals surface area contributed by atoms with Crippen LogP contribution in [-0.2, 0) is 6.42 Å². The standard InChI is InChI=1S/C35H31NS/c1-3-32-9-7-8-27(2)35(32)36(33-10-5-4-6-11-33)34-22-20-30(21-23-34)17-16-28-12-14-29(15-13-28)18-19-31-24-25-37-26-31/h4-26H,3H2,1-2H3/b17-16+,19-18+. The molecule has 0 radical (unpaired) electrons. The van der Waals surface area contributed by atoms with E-state index in [2.05, 4.69) is 157 Å². The van der Waals surface area contributed by atoms with Crippen LogP contribution in [0, 0.1) is 6.92 Å². The highest BCUT2D eigenvalue weighted by atomic mass is 32.1. The molecule has 0 fully saturated rings. The number of anilines is 3. The van der Waals surface area contributed by atoms with Crippen molar-refractivity contribution in [2.45, 2.75) is 20.3 Å². The van der Waals surface area contributed by atoms with Gasteiger partial charge in [-0.25, -0.2) is 0 Å². The topological polar surface area (TPSA) is 3.24 Å². The summed E-state index contributed by atoms with van der Waals surface area (Å²) in [7, 11) is 0. The van der Waals surface area contributed by atoms with Crippen LogP contribution in [0.5, 0.6) is 0 Å². The van der Waals surface area contributed by atoms with E-state index in [1.165, 1.54) is 44.8 Å². The quantitative estimate of drug-likeness (QED) is 0.193. The first kappa shape index (κ1) is 24.5. The minimum atomic E-state index is 0.990. The summed E-state index contributed by atoms with van der Waals surface area (Å²) < 4.78 is 0. The van der Waals surface area contributed by atoms with Crippen LogP contribution in [0.4, 0.5) is 17.1 Å². The summed E-state index contributed by atoms with van der Waals surface area (Å²) in [6.45, 7) is 4.42. The van der Waals surface area contributed by atoms with E-state index in [0.29, 0.717) is 0 Å². The van der Waals surface area contributed by atoms with E-state index >= 15 is 0 Å². The van der Waals surface area contributed by atoms with Gasteiger partial charge < -0.3 is 4.90 Å². The Bertz CT molecular complexity index is 1480. The number of aryl methyl sites for hydroxylation is 2. The Morgan fingerprint density at radius 3 is 1.73 bits per heavy atom. The first-order chi connectivity index (χ1) is 18.2. The number of hydrogen-bond donors (Lipinski definition) is 0. The molecule has 0 spiro atoms. The van der Waals surface area contributed by atoms with Crippen LogP contribution in [0.25, 0.3) is 24.3 Å². The summed E-state index contributed by atoms with van der Waals surface area (Å²) >= 11 is 1.72. The highest BCUT2D eigenvalue weighted by Crippen LogP contribution is 2.39. The van der Waals surface area contributed by atoms with E-state index in [1.807, 2.05) is 0 Å². The van der Waals surface area contributed by atoms with Gasteiger partial charge in [0.2, 0.25) is 0 Å². The molecule has 0 aliphatic rings. The van der Waals surface area contributed by atoms with Crippen LogP contribution in [0.2, 0.25) is 0 Å². The molecule has 0 aliphatic carbocycles. The lowest BCUT2D eigenvalue weighted by atomic mass is 10.0. The Morgan fingerprint density at radius 2 is 1.16 bits per heavy atom. The summed E-state index contributed by atoms with van der Waals surface area (Å²) in [5, 5.41) is 4.26. The third-order valence-electron chi connectivity index (χ3n) is 6.51. The van der Waals surface area contributed by atoms with Crippen molar-refractivity contribution in [1.82, 2.24) is 0 Å². The fraction of sp³-hybridized carbons (Fsp3) is 0.0857. The van der Waals surface area contributed by atoms with Gasteiger partial charge >= 0.3 is 0 Å². The Labute approximate surface area is 224 Å². The summed E-state index contributed by atoms with van der Waals surface area (Å²) in [6.07, 6.45) is 9.65. The number of nitrogens with zero attached hydrogens (tertiary/aromatic N) is 1. The minimum Gasteiger partial charge on any atom is -0.310 e. The fourth-order valence-electron chi connectivity index (χ4n) is 4.52. The molecular formula is C35H31NS. The van der Waals surface area contributed by atoms with Crippen LogP contribution < -0.4 is 4.90 Å². The lowest BCUT2D eigenvalue weighted by Crippen LogP contribution is -2.13. The van der Waals surface area contributed by atoms with Gasteiger partial charge in [-0.1, -0.05) is 104 Å². The van der Waals surface area contributed by atoms with E-state index in [1.54, 1.807) is 11.3 Å². The summed E-state index contributed by atoms with van der Waals surface area (Å²) in [6, 6.07) is 36.9. The molecule has 0 saturated heterocycles. The summed E-state index contributed by atoms with van der Waals surface area (Å²) in [5.41, 5.74) is 11.0. The molecular weight excluding hydrogens is 466 g/mol. The van der Waals surface area contributed by atoms with E-state index in [4.69, 9.17) is 0 Å². The van der Waals surface area contributed by atoms with Crippen LogP contribution in [-0.4, -0.2) is 0 Å². The van der Waals surface area contributed by atoms with Crippen LogP contribution >= 0.6 is 11.3 Å². The maximum atomic E-state index is 2.38. The third-order valence-corrected chi connectivity index (χ3v) is 7.21. The molecule has 0 aliphatic heterocycles. The maximum absolute atomic E-state index is 2.38. The van der Waals surface area contributed by atoms with Gasteiger partial charge in [0, 0.05) is 11.4 Å². The third kappa shape index (κ3) is 5.99. The Morgan fingerprint density at radius 1 is 0.595 bits per heavy atom. The number of para-hydroxylation sites is 2. The first-order valence-corrected chi connectivity index (χ1v) is 13.7. The fourth-order valence-corrected chi connectivity index (χ4v) is 5.15. The lowest BCUT2D eigenvalue weighted by Gasteiger charge is -2.29. The van der Waals surface area contributed by atoms with Crippen molar-refractivity contribution in [3.63, 3.8) is 0 Å². The largest absolute Gasteiger partial charge is 0.310 e. The zero-order valence-electron chi connectivity index (χ0n) is 21.3. The van der Waals surface area contributed by atoms with Gasteiger partial charge in [0.25, 0.3) is 0 Å². The zero-order chi connectivity index (χ0) is 25.5. The van der Waals surface area contributed by atoms with Gasteiger partial charge in [-0.3, -0.25) is 0 Å². The minimum absolute atomic E-state index is 0.990. The molecule has 0 amide bonds. The SMILES string of the molecule is CCc1cccc(C)c1N(c1ccccc1)c1ccc(/C=C/c2ccc(/C=C/c3ccsc3)cc2)cc1. The van der Waals surface area contributed by atoms with Crippen molar-refractivity contribution in [2.75, 3.05) is 4.90 Å². The van der Waals surface area contributed by atoms with E-state index in [9.17, 15) is 0 Å². The molecule has 0 saturated carbocycles. The Hall–Kier alpha value is -4.14. The summed E-state index contributed by atoms with van der Waals surface area (Å²) in [4.78, 5) is 2.38. The van der Waals surface area contributed by atoms with Crippen molar-refractivity contribution < 1.29 is 0 Å². The van der Waals surface area contributed by atoms with E-state index < -0.39 is 0 Å². The predicted octanol–water partition coefficient (Wildman–Crippen LogP) is 10.4. The normalized spacial score (nSPS) is 11.4. The van der Waals surface area contributed by atoms with Crippen molar-refractivity contribution in [1.29, 1.82) is 0 Å². The maximum Gasteiger partial charge on any atom is 0.0522 e. The van der Waals surface area contributed by atoms with Gasteiger partial charge in [-0.2, -0.15) is 11.3 Å². The van der Waals surface area contributed by atoms with E-state index in [-0.39, 0.29) is 0 Å². The van der Waals surface area contributed by atoms with Crippen molar-refractivity contribution in [3.8, 4) is 0 Å². The molecule has 5 aromatic rings. The average Bonchev–Trinajstić information content (AvgIpc) is 3.47. The van der Waals surface area contributed by atoms with Crippen LogP contribution in [0.15, 0.2) is 114 Å². The Kier molecular flexibility index (Phi) is 7.78. The molecule has 2 heteroatoms. The smallest absolute Gasteiger partial charge is 0.0522 e. The van der Waals surface area contributed by atoms with Gasteiger partial charge in [0.15, 0.2) is 0 Å². The number of benzene rings is 4. The molecule has 0 atom stereocenters. The second-order valence-electron chi connectivity index (χ2n) is 9.09. The highest BCUT2D eigenvalue weighted by Gasteiger charge is 2.17. The molecule has 1 aromatic heterocycles. The molecule has 1 nitrogen and oxygen atoms in total. The molecule has 0 bridgehead atoms. The van der Waals surface area contributed by atoms with Gasteiger partial charge in [0.1, 0.15) is 0 Å². The zero-order valence-corrected chi connectivity index (χ0v) is 22.2. The van der Waals surface area contributed by atoms with Gasteiger partial charge in [-0.05, 0) is 87.8 Å². The molecule has 37 heavy (non-hydrogen) atoms. The number of thiophene rings is 1. The van der Waals surface area contributed by atoms with Crippen molar-refractivity contribution in [2.24, 2.45) is 0 Å². The van der Waals surface area contributed by atoms with Crippen LogP contribution in [0.3, 0.4) is 0 Å². The number of rotatable bonds is 8. The van der Waals surface area contributed by atoms with E-state index in [0.717, 1.165) is 12.1 Å². The second-order valence-corrected chi connectivity index (χ2v) is 9.87. The van der Waals surface area contributed by atoms with Crippen molar-refractivity contribution >= 4 is 52.7 Å². The monoisotopic (exact) mass is 497 g/mol. The van der Waals surface area contributed by atoms with Crippen molar-refractivity contribution in [3.05, 3.63) is 147 Å². The molecule has 5 rings (SSSR count). The molecule has 0 N–H and O–H groups in total. The molecule has 1 heterocycles. The van der Waals surface area contributed by atoms with Gasteiger partial charge in [-0.15, -0.1) is 0 Å². The molecule has 4 aromatic carbocycles. The molecule has 182 valence electrons. The van der Waals surface area contributed by atoms with Gasteiger partial charge in [0.05, 0.1) is 5.69 Å². The Balaban J connectivity index is 1.37. The second kappa shape index (κ2) is 11.7. The molecule has 0 unspecified atom stereocenters. The lowest BCUT2D eigenvalue weighted by molar-refractivity contribution is 1.10. The van der Waals surface area contributed by atoms with Crippen LogP contribution in [0.1, 0.15) is 40.3 Å². The summed E-state index contributed by atoms with van der Waals surface area (Å²) in [5.74, 6) is 0. The average molecular weight is 498 g/mol. The predicted molar refractivity (Wildman–Crippen MR) is 164 cm³/mol. The number of hydrogen-bond acceptors (Lipinski definition) is 2. The first-order valence-electron chi connectivity index (χ1n) is 12.7. The highest BCUT2D eigenvalue weighted by molar-refractivity contribution is 7.08.